The second kappa shape index (κ2) is 9.75. The van der Waals surface area contributed by atoms with Crippen LogP contribution in [0.2, 0.25) is 0 Å². The summed E-state index contributed by atoms with van der Waals surface area (Å²) in [7, 11) is 0. The molecule has 0 saturated heterocycles. The summed E-state index contributed by atoms with van der Waals surface area (Å²) in [5.74, 6) is -0.685. The van der Waals surface area contributed by atoms with Gasteiger partial charge >= 0.3 is 5.97 Å². The van der Waals surface area contributed by atoms with E-state index in [1.165, 1.54) is 30.3 Å². The first-order valence-electron chi connectivity index (χ1n) is 8.99. The van der Waals surface area contributed by atoms with Crippen LogP contribution >= 0.6 is 11.8 Å². The molecule has 1 atom stereocenters. The van der Waals surface area contributed by atoms with Gasteiger partial charge in [-0.3, -0.25) is 9.59 Å². The van der Waals surface area contributed by atoms with Crippen LogP contribution < -0.4 is 15.6 Å². The van der Waals surface area contributed by atoms with Crippen LogP contribution in [0.1, 0.15) is 23.0 Å². The molecular weight excluding hydrogens is 406 g/mol. The van der Waals surface area contributed by atoms with Gasteiger partial charge in [0.05, 0.1) is 16.5 Å². The van der Waals surface area contributed by atoms with Gasteiger partial charge in [0.2, 0.25) is 5.91 Å². The highest BCUT2D eigenvalue weighted by molar-refractivity contribution is 8.00. The molecule has 8 nitrogen and oxygen atoms in total. The monoisotopic (exact) mass is 425 g/mol. The molecule has 0 bridgehead atoms. The lowest BCUT2D eigenvalue weighted by Gasteiger charge is -2.12. The van der Waals surface area contributed by atoms with Crippen LogP contribution in [0.3, 0.4) is 0 Å². The van der Waals surface area contributed by atoms with E-state index < -0.39 is 11.2 Å². The van der Waals surface area contributed by atoms with Crippen LogP contribution in [-0.2, 0) is 11.4 Å². The summed E-state index contributed by atoms with van der Waals surface area (Å²) >= 11 is 1.10. The summed E-state index contributed by atoms with van der Waals surface area (Å²) in [6, 6.07) is 16.4. The zero-order chi connectivity index (χ0) is 21.5. The van der Waals surface area contributed by atoms with Gasteiger partial charge < -0.3 is 20.1 Å². The highest BCUT2D eigenvalue weighted by Crippen LogP contribution is 2.21. The van der Waals surface area contributed by atoms with Crippen LogP contribution in [0.15, 0.2) is 70.6 Å². The maximum absolute atomic E-state index is 12.4. The second-order valence-corrected chi connectivity index (χ2v) is 7.60. The third-order valence-electron chi connectivity index (χ3n) is 3.96. The molecule has 0 saturated carbocycles. The number of hydrogen-bond acceptors (Lipinski definition) is 6. The summed E-state index contributed by atoms with van der Waals surface area (Å²) in [6.45, 7) is 1.80. The van der Waals surface area contributed by atoms with Crippen molar-refractivity contribution in [3.05, 3.63) is 82.3 Å². The van der Waals surface area contributed by atoms with E-state index in [-0.39, 0.29) is 23.6 Å². The Morgan fingerprint density at radius 2 is 1.87 bits per heavy atom. The zero-order valence-corrected chi connectivity index (χ0v) is 16.8. The fourth-order valence-electron chi connectivity index (χ4n) is 2.45. The maximum atomic E-state index is 12.4. The molecule has 3 N–H and O–H groups in total. The van der Waals surface area contributed by atoms with Gasteiger partial charge in [0, 0.05) is 11.8 Å². The SMILES string of the molecule is CC(Sc1nc(COc2ccccc2)cc(=O)[nH]1)C(=O)Nc1ccc(C(=O)O)cc1. The Bertz CT molecular complexity index is 1080. The number of aromatic amines is 1. The smallest absolute Gasteiger partial charge is 0.335 e. The molecule has 3 rings (SSSR count). The normalized spacial score (nSPS) is 11.5. The minimum absolute atomic E-state index is 0.123. The Morgan fingerprint density at radius 1 is 1.17 bits per heavy atom. The van der Waals surface area contributed by atoms with Gasteiger partial charge in [0.25, 0.3) is 5.56 Å². The Morgan fingerprint density at radius 3 is 2.53 bits per heavy atom. The lowest BCUT2D eigenvalue weighted by Crippen LogP contribution is -2.23. The first kappa shape index (κ1) is 21.1. The minimum Gasteiger partial charge on any atom is -0.487 e. The van der Waals surface area contributed by atoms with Crippen molar-refractivity contribution in [3.63, 3.8) is 0 Å². The van der Waals surface area contributed by atoms with E-state index in [1.54, 1.807) is 19.1 Å². The number of carbonyl (C=O) groups is 2. The quantitative estimate of drug-likeness (QED) is 0.374. The van der Waals surface area contributed by atoms with E-state index in [0.29, 0.717) is 22.3 Å². The van der Waals surface area contributed by atoms with E-state index >= 15 is 0 Å². The fourth-order valence-corrected chi connectivity index (χ4v) is 3.28. The number of hydrogen-bond donors (Lipinski definition) is 3. The number of amides is 1. The van der Waals surface area contributed by atoms with Gasteiger partial charge in [-0.05, 0) is 43.3 Å². The number of nitrogens with one attached hydrogen (secondary N) is 2. The van der Waals surface area contributed by atoms with Gasteiger partial charge in [-0.25, -0.2) is 9.78 Å². The molecule has 1 aromatic heterocycles. The number of carboxylic acid groups (broad SMARTS) is 1. The van der Waals surface area contributed by atoms with Gasteiger partial charge in [-0.2, -0.15) is 0 Å². The van der Waals surface area contributed by atoms with Crippen molar-refractivity contribution in [2.24, 2.45) is 0 Å². The number of thioether (sulfide) groups is 1. The third kappa shape index (κ3) is 5.95. The van der Waals surface area contributed by atoms with E-state index in [1.807, 2.05) is 18.2 Å². The minimum atomic E-state index is -1.04. The summed E-state index contributed by atoms with van der Waals surface area (Å²) in [4.78, 5) is 42.2. The first-order valence-corrected chi connectivity index (χ1v) is 9.87. The average Bonchev–Trinajstić information content (AvgIpc) is 2.73. The van der Waals surface area contributed by atoms with Crippen molar-refractivity contribution in [1.82, 2.24) is 9.97 Å². The number of ether oxygens (including phenoxy) is 1. The van der Waals surface area contributed by atoms with Crippen molar-refractivity contribution >= 4 is 29.3 Å². The molecule has 1 amide bonds. The molecule has 0 aliphatic carbocycles. The molecule has 0 aliphatic rings. The van der Waals surface area contributed by atoms with E-state index in [0.717, 1.165) is 11.8 Å². The zero-order valence-electron chi connectivity index (χ0n) is 16.0. The lowest BCUT2D eigenvalue weighted by molar-refractivity contribution is -0.115. The number of H-pyrrole nitrogens is 1. The Hall–Kier alpha value is -3.59. The molecule has 1 heterocycles. The number of aromatic nitrogens is 2. The Balaban J connectivity index is 1.61. The molecule has 3 aromatic rings. The van der Waals surface area contributed by atoms with Crippen LogP contribution in [0.4, 0.5) is 5.69 Å². The highest BCUT2D eigenvalue weighted by Gasteiger charge is 2.17. The van der Waals surface area contributed by atoms with E-state index in [2.05, 4.69) is 15.3 Å². The third-order valence-corrected chi connectivity index (χ3v) is 4.94. The largest absolute Gasteiger partial charge is 0.487 e. The first-order chi connectivity index (χ1) is 14.4. The number of para-hydroxylation sites is 1. The van der Waals surface area contributed by atoms with Gasteiger partial charge in [0.15, 0.2) is 5.16 Å². The van der Waals surface area contributed by atoms with Crippen molar-refractivity contribution in [1.29, 1.82) is 0 Å². The second-order valence-electron chi connectivity index (χ2n) is 6.28. The summed E-state index contributed by atoms with van der Waals surface area (Å²) < 4.78 is 5.61. The standard InChI is InChI=1S/C21H19N3O5S/c1-13(19(26)22-15-9-7-14(8-10-15)20(27)28)30-21-23-16(11-18(25)24-21)12-29-17-5-3-2-4-6-17/h2-11,13H,12H2,1H3,(H,22,26)(H,27,28)(H,23,24,25). The molecule has 1 unspecified atom stereocenters. The molecule has 0 fully saturated rings. The molecule has 0 radical (unpaired) electrons. The predicted octanol–water partition coefficient (Wildman–Crippen LogP) is 3.17. The van der Waals surface area contributed by atoms with Crippen molar-refractivity contribution < 1.29 is 19.4 Å². The van der Waals surface area contributed by atoms with Crippen molar-refractivity contribution in [2.45, 2.75) is 23.9 Å². The molecule has 30 heavy (non-hydrogen) atoms. The molecule has 154 valence electrons. The molecule has 9 heteroatoms. The number of aromatic carboxylic acids is 1. The Labute approximate surface area is 176 Å². The summed E-state index contributed by atoms with van der Waals surface area (Å²) in [5.41, 5.74) is 0.716. The fraction of sp³-hybridized carbons (Fsp3) is 0.143. The van der Waals surface area contributed by atoms with Crippen LogP contribution in [0, 0.1) is 0 Å². The molecular formula is C21H19N3O5S. The molecule has 0 aliphatic heterocycles. The van der Waals surface area contributed by atoms with E-state index in [4.69, 9.17) is 9.84 Å². The summed E-state index contributed by atoms with van der Waals surface area (Å²) in [6.07, 6.45) is 0. The topological polar surface area (TPSA) is 121 Å². The number of anilines is 1. The van der Waals surface area contributed by atoms with Gasteiger partial charge in [-0.1, -0.05) is 30.0 Å². The van der Waals surface area contributed by atoms with Crippen LogP contribution in [0.25, 0.3) is 0 Å². The summed E-state index contributed by atoms with van der Waals surface area (Å²) in [5, 5.41) is 11.4. The van der Waals surface area contributed by atoms with Crippen molar-refractivity contribution in [3.8, 4) is 5.75 Å². The number of nitrogens with zero attached hydrogens (tertiary/aromatic N) is 1. The van der Waals surface area contributed by atoms with Crippen LogP contribution in [-0.4, -0.2) is 32.2 Å². The number of carbonyl (C=O) groups excluding carboxylic acids is 1. The molecule has 2 aromatic carbocycles. The van der Waals surface area contributed by atoms with Gasteiger partial charge in [-0.15, -0.1) is 0 Å². The predicted molar refractivity (Wildman–Crippen MR) is 113 cm³/mol. The average molecular weight is 425 g/mol. The Kier molecular flexibility index (Phi) is 6.87. The number of benzene rings is 2. The highest BCUT2D eigenvalue weighted by atomic mass is 32.2. The van der Waals surface area contributed by atoms with Crippen molar-refractivity contribution in [2.75, 3.05) is 5.32 Å². The van der Waals surface area contributed by atoms with Crippen LogP contribution in [0.5, 0.6) is 5.75 Å². The van der Waals surface area contributed by atoms with E-state index in [9.17, 15) is 14.4 Å². The molecule has 0 spiro atoms. The number of carboxylic acids is 1. The maximum Gasteiger partial charge on any atom is 0.335 e. The van der Waals surface area contributed by atoms with Gasteiger partial charge in [0.1, 0.15) is 12.4 Å². The number of rotatable bonds is 8. The lowest BCUT2D eigenvalue weighted by atomic mass is 10.2.